The molecule has 94 valence electrons. The minimum absolute atomic E-state index is 0.0979. The fourth-order valence-electron chi connectivity index (χ4n) is 1.05. The van der Waals surface area contributed by atoms with E-state index in [0.717, 1.165) is 5.56 Å². The topological polar surface area (TPSA) is 63.2 Å². The normalized spacial score (nSPS) is 12.2. The van der Waals surface area contributed by atoms with Gasteiger partial charge in [0.2, 0.25) is 5.91 Å². The minimum atomic E-state index is -3.76. The van der Waals surface area contributed by atoms with E-state index >= 15 is 0 Å². The lowest BCUT2D eigenvalue weighted by Gasteiger charge is -2.17. The van der Waals surface area contributed by atoms with E-state index in [-0.39, 0.29) is 4.90 Å². The number of amides is 1. The summed E-state index contributed by atoms with van der Waals surface area (Å²) >= 11 is 0. The molecule has 0 bridgehead atoms. The van der Waals surface area contributed by atoms with Crippen LogP contribution in [0.4, 0.5) is 0 Å². The molecule has 1 aromatic carbocycles. The number of nitrogens with one attached hydrogen (secondary N) is 1. The van der Waals surface area contributed by atoms with Gasteiger partial charge in [0.15, 0.2) is 0 Å². The number of carbonyl (C=O) groups excluding carboxylic acids is 1. The van der Waals surface area contributed by atoms with Crippen LogP contribution in [-0.4, -0.2) is 14.3 Å². The molecule has 4 nitrogen and oxygen atoms in total. The Bertz CT molecular complexity index is 510. The van der Waals surface area contributed by atoms with Crippen molar-refractivity contribution in [1.82, 2.24) is 4.72 Å². The van der Waals surface area contributed by atoms with Crippen molar-refractivity contribution in [2.24, 2.45) is 5.41 Å². The zero-order chi connectivity index (χ0) is 13.3. The lowest BCUT2D eigenvalue weighted by atomic mass is 9.96. The van der Waals surface area contributed by atoms with Crippen molar-refractivity contribution in [2.45, 2.75) is 32.6 Å². The summed E-state index contributed by atoms with van der Waals surface area (Å²) in [5.74, 6) is -0.516. The standard InChI is InChI=1S/C12H17NO3S/c1-9-5-7-10(8-6-9)17(15,16)13-11(14)12(2,3)4/h5-8H,1-4H3,(H,13,14). The van der Waals surface area contributed by atoms with Crippen LogP contribution in [0.1, 0.15) is 26.3 Å². The molecule has 1 N–H and O–H groups in total. The van der Waals surface area contributed by atoms with Gasteiger partial charge >= 0.3 is 0 Å². The second-order valence-corrected chi connectivity index (χ2v) is 6.68. The molecular weight excluding hydrogens is 238 g/mol. The fourth-order valence-corrected chi connectivity index (χ4v) is 2.21. The van der Waals surface area contributed by atoms with Crippen LogP contribution >= 0.6 is 0 Å². The predicted octanol–water partition coefficient (Wildman–Crippen LogP) is 1.85. The Morgan fingerprint density at radius 2 is 1.59 bits per heavy atom. The van der Waals surface area contributed by atoms with Gasteiger partial charge in [-0.05, 0) is 19.1 Å². The summed E-state index contributed by atoms with van der Waals surface area (Å²) in [4.78, 5) is 11.7. The van der Waals surface area contributed by atoms with Gasteiger partial charge in [-0.2, -0.15) is 0 Å². The lowest BCUT2D eigenvalue weighted by Crippen LogP contribution is -2.38. The molecule has 1 rings (SSSR count). The fraction of sp³-hybridized carbons (Fsp3) is 0.417. The molecule has 0 aliphatic heterocycles. The van der Waals surface area contributed by atoms with Crippen LogP contribution in [0.5, 0.6) is 0 Å². The zero-order valence-electron chi connectivity index (χ0n) is 10.4. The van der Waals surface area contributed by atoms with E-state index in [2.05, 4.69) is 4.72 Å². The molecular formula is C12H17NO3S. The predicted molar refractivity (Wildman–Crippen MR) is 66.0 cm³/mol. The van der Waals surface area contributed by atoms with Gasteiger partial charge < -0.3 is 0 Å². The maximum Gasteiger partial charge on any atom is 0.264 e. The summed E-state index contributed by atoms with van der Waals surface area (Å²) in [5.41, 5.74) is 0.226. The third-order valence-electron chi connectivity index (χ3n) is 2.24. The SMILES string of the molecule is Cc1ccc(S(=O)(=O)NC(=O)C(C)(C)C)cc1. The van der Waals surface area contributed by atoms with E-state index in [0.29, 0.717) is 0 Å². The quantitative estimate of drug-likeness (QED) is 0.877. The maximum atomic E-state index is 11.9. The Morgan fingerprint density at radius 3 is 2.00 bits per heavy atom. The Kier molecular flexibility index (Phi) is 3.62. The van der Waals surface area contributed by atoms with E-state index in [1.807, 2.05) is 6.92 Å². The maximum absolute atomic E-state index is 11.9. The highest BCUT2D eigenvalue weighted by atomic mass is 32.2. The first-order valence-electron chi connectivity index (χ1n) is 5.27. The summed E-state index contributed by atoms with van der Waals surface area (Å²) in [6.45, 7) is 6.84. The summed E-state index contributed by atoms with van der Waals surface area (Å²) < 4.78 is 25.8. The Hall–Kier alpha value is -1.36. The van der Waals surface area contributed by atoms with Crippen molar-refractivity contribution in [3.05, 3.63) is 29.8 Å². The molecule has 0 spiro atoms. The number of benzene rings is 1. The molecule has 0 heterocycles. The van der Waals surface area contributed by atoms with Crippen molar-refractivity contribution in [3.63, 3.8) is 0 Å². The summed E-state index contributed by atoms with van der Waals surface area (Å²) in [7, 11) is -3.76. The second kappa shape index (κ2) is 4.49. The Labute approximate surface area is 102 Å². The molecule has 1 aromatic rings. The molecule has 0 saturated heterocycles. The zero-order valence-corrected chi connectivity index (χ0v) is 11.3. The van der Waals surface area contributed by atoms with Crippen LogP contribution in [0.25, 0.3) is 0 Å². The van der Waals surface area contributed by atoms with Gasteiger partial charge in [-0.15, -0.1) is 0 Å². The van der Waals surface area contributed by atoms with Crippen molar-refractivity contribution in [2.75, 3.05) is 0 Å². The van der Waals surface area contributed by atoms with Gasteiger partial charge in [-0.1, -0.05) is 38.5 Å². The van der Waals surface area contributed by atoms with Gasteiger partial charge in [0, 0.05) is 5.41 Å². The number of aryl methyl sites for hydroxylation is 1. The van der Waals surface area contributed by atoms with Crippen molar-refractivity contribution < 1.29 is 13.2 Å². The third-order valence-corrected chi connectivity index (χ3v) is 3.59. The first-order valence-corrected chi connectivity index (χ1v) is 6.75. The van der Waals surface area contributed by atoms with Crippen molar-refractivity contribution >= 4 is 15.9 Å². The van der Waals surface area contributed by atoms with Crippen LogP contribution in [0.15, 0.2) is 29.2 Å². The van der Waals surface area contributed by atoms with Crippen LogP contribution in [-0.2, 0) is 14.8 Å². The summed E-state index contributed by atoms with van der Waals surface area (Å²) in [6, 6.07) is 6.34. The van der Waals surface area contributed by atoms with Gasteiger partial charge in [0.25, 0.3) is 10.0 Å². The molecule has 0 saturated carbocycles. The molecule has 1 amide bonds. The van der Waals surface area contributed by atoms with Crippen LogP contribution < -0.4 is 4.72 Å². The van der Waals surface area contributed by atoms with Crippen molar-refractivity contribution in [1.29, 1.82) is 0 Å². The molecule has 0 aromatic heterocycles. The van der Waals surface area contributed by atoms with Gasteiger partial charge in [-0.25, -0.2) is 13.1 Å². The van der Waals surface area contributed by atoms with Crippen molar-refractivity contribution in [3.8, 4) is 0 Å². The number of hydrogen-bond donors (Lipinski definition) is 1. The van der Waals surface area contributed by atoms with E-state index in [1.54, 1.807) is 32.9 Å². The van der Waals surface area contributed by atoms with Gasteiger partial charge in [0.1, 0.15) is 0 Å². The highest BCUT2D eigenvalue weighted by Crippen LogP contribution is 2.16. The third kappa shape index (κ3) is 3.56. The van der Waals surface area contributed by atoms with Gasteiger partial charge in [-0.3, -0.25) is 4.79 Å². The Morgan fingerprint density at radius 1 is 1.12 bits per heavy atom. The first kappa shape index (κ1) is 13.7. The largest absolute Gasteiger partial charge is 0.273 e. The highest BCUT2D eigenvalue weighted by Gasteiger charge is 2.26. The molecule has 0 aliphatic rings. The molecule has 5 heteroatoms. The second-order valence-electron chi connectivity index (χ2n) is 5.00. The summed E-state index contributed by atoms with van der Waals surface area (Å²) in [6.07, 6.45) is 0. The molecule has 0 radical (unpaired) electrons. The molecule has 0 aliphatic carbocycles. The molecule has 0 fully saturated rings. The monoisotopic (exact) mass is 255 g/mol. The summed E-state index contributed by atoms with van der Waals surface area (Å²) in [5, 5.41) is 0. The smallest absolute Gasteiger partial charge is 0.264 e. The number of sulfonamides is 1. The average molecular weight is 255 g/mol. The van der Waals surface area contributed by atoms with Crippen LogP contribution in [0, 0.1) is 12.3 Å². The van der Waals surface area contributed by atoms with E-state index in [4.69, 9.17) is 0 Å². The van der Waals surface area contributed by atoms with E-state index in [1.165, 1.54) is 12.1 Å². The van der Waals surface area contributed by atoms with Crippen LogP contribution in [0.3, 0.4) is 0 Å². The number of carbonyl (C=O) groups is 1. The molecule has 0 atom stereocenters. The highest BCUT2D eigenvalue weighted by molar-refractivity contribution is 7.90. The number of rotatable bonds is 2. The molecule has 17 heavy (non-hydrogen) atoms. The lowest BCUT2D eigenvalue weighted by molar-refractivity contribution is -0.126. The minimum Gasteiger partial charge on any atom is -0.273 e. The number of hydrogen-bond acceptors (Lipinski definition) is 3. The first-order chi connectivity index (χ1) is 7.63. The van der Waals surface area contributed by atoms with Crippen LogP contribution in [0.2, 0.25) is 0 Å². The van der Waals surface area contributed by atoms with E-state index in [9.17, 15) is 13.2 Å². The average Bonchev–Trinajstić information content (AvgIpc) is 2.16. The van der Waals surface area contributed by atoms with Gasteiger partial charge in [0.05, 0.1) is 4.90 Å². The Balaban J connectivity index is 2.98. The molecule has 0 unspecified atom stereocenters. The van der Waals surface area contributed by atoms with E-state index < -0.39 is 21.3 Å².